The summed E-state index contributed by atoms with van der Waals surface area (Å²) in [6.07, 6.45) is 5.95. The third-order valence-electron chi connectivity index (χ3n) is 4.87. The number of morpholine rings is 1. The van der Waals surface area contributed by atoms with Crippen LogP contribution in [0.25, 0.3) is 11.1 Å². The second kappa shape index (κ2) is 6.39. The Bertz CT molecular complexity index is 746. The maximum absolute atomic E-state index is 12.9. The van der Waals surface area contributed by atoms with Gasteiger partial charge in [0.05, 0.1) is 24.2 Å². The van der Waals surface area contributed by atoms with Crippen molar-refractivity contribution in [2.24, 2.45) is 0 Å². The molecule has 2 aromatic heterocycles. The van der Waals surface area contributed by atoms with Gasteiger partial charge in [-0.25, -0.2) is 9.97 Å². The molecular weight excluding hydrogens is 308 g/mol. The highest BCUT2D eigenvalue weighted by Gasteiger charge is 2.27. The highest BCUT2D eigenvalue weighted by molar-refractivity contribution is 6.10. The number of furan rings is 1. The SMILES string of the molecule is Cc1oc2ncnc(N3CCOCC3)c2c1C(=O)NC1CCCC1. The predicted molar refractivity (Wildman–Crippen MR) is 89.3 cm³/mol. The molecule has 0 aromatic carbocycles. The van der Waals surface area contributed by atoms with Gasteiger partial charge in [-0.2, -0.15) is 0 Å². The normalized spacial score (nSPS) is 19.1. The van der Waals surface area contributed by atoms with E-state index in [1.807, 2.05) is 6.92 Å². The fraction of sp³-hybridized carbons (Fsp3) is 0.588. The van der Waals surface area contributed by atoms with E-state index < -0.39 is 0 Å². The Labute approximate surface area is 140 Å². The van der Waals surface area contributed by atoms with Crippen LogP contribution in [0.2, 0.25) is 0 Å². The summed E-state index contributed by atoms with van der Waals surface area (Å²) in [5.41, 5.74) is 1.04. The molecule has 1 aliphatic heterocycles. The molecule has 1 saturated heterocycles. The molecule has 1 saturated carbocycles. The molecule has 24 heavy (non-hydrogen) atoms. The van der Waals surface area contributed by atoms with Gasteiger partial charge in [0.15, 0.2) is 0 Å². The molecule has 1 aliphatic carbocycles. The van der Waals surface area contributed by atoms with Gasteiger partial charge in [-0.05, 0) is 19.8 Å². The Morgan fingerprint density at radius 2 is 2.00 bits per heavy atom. The fourth-order valence-corrected chi connectivity index (χ4v) is 3.64. The van der Waals surface area contributed by atoms with Crippen molar-refractivity contribution in [1.29, 1.82) is 0 Å². The first-order valence-corrected chi connectivity index (χ1v) is 8.61. The highest BCUT2D eigenvalue weighted by Crippen LogP contribution is 2.32. The van der Waals surface area contributed by atoms with Crippen LogP contribution in [0.1, 0.15) is 41.8 Å². The largest absolute Gasteiger partial charge is 0.442 e. The van der Waals surface area contributed by atoms with E-state index in [9.17, 15) is 4.79 Å². The number of carbonyl (C=O) groups is 1. The number of amides is 1. The van der Waals surface area contributed by atoms with E-state index >= 15 is 0 Å². The summed E-state index contributed by atoms with van der Waals surface area (Å²) in [5.74, 6) is 1.27. The van der Waals surface area contributed by atoms with Crippen molar-refractivity contribution >= 4 is 22.8 Å². The number of hydrogen-bond donors (Lipinski definition) is 1. The van der Waals surface area contributed by atoms with Crippen LogP contribution in [-0.4, -0.2) is 48.2 Å². The summed E-state index contributed by atoms with van der Waals surface area (Å²) >= 11 is 0. The number of aryl methyl sites for hydroxylation is 1. The van der Waals surface area contributed by atoms with Gasteiger partial charge in [-0.1, -0.05) is 12.8 Å². The van der Waals surface area contributed by atoms with E-state index in [4.69, 9.17) is 9.15 Å². The quantitative estimate of drug-likeness (QED) is 0.927. The Hall–Kier alpha value is -2.15. The minimum Gasteiger partial charge on any atom is -0.442 e. The van der Waals surface area contributed by atoms with Crippen LogP contribution in [0.5, 0.6) is 0 Å². The molecule has 2 aromatic rings. The van der Waals surface area contributed by atoms with Gasteiger partial charge in [0, 0.05) is 19.1 Å². The Morgan fingerprint density at radius 1 is 1.25 bits per heavy atom. The average molecular weight is 330 g/mol. The predicted octanol–water partition coefficient (Wildman–Crippen LogP) is 2.04. The minimum atomic E-state index is -0.0811. The molecule has 2 aliphatic rings. The van der Waals surface area contributed by atoms with E-state index in [1.54, 1.807) is 0 Å². The van der Waals surface area contributed by atoms with Crippen molar-refractivity contribution in [2.75, 3.05) is 31.2 Å². The molecule has 0 radical (unpaired) electrons. The monoisotopic (exact) mass is 330 g/mol. The number of anilines is 1. The van der Waals surface area contributed by atoms with Gasteiger partial charge in [0.1, 0.15) is 17.9 Å². The molecule has 1 amide bonds. The van der Waals surface area contributed by atoms with Crippen molar-refractivity contribution in [3.63, 3.8) is 0 Å². The summed E-state index contributed by atoms with van der Waals surface area (Å²) in [4.78, 5) is 23.7. The number of fused-ring (bicyclic) bond motifs is 1. The zero-order chi connectivity index (χ0) is 16.5. The third kappa shape index (κ3) is 2.73. The van der Waals surface area contributed by atoms with E-state index in [0.717, 1.165) is 31.7 Å². The second-order valence-electron chi connectivity index (χ2n) is 6.46. The summed E-state index contributed by atoms with van der Waals surface area (Å²) in [5, 5.41) is 3.86. The smallest absolute Gasteiger partial charge is 0.255 e. The van der Waals surface area contributed by atoms with Crippen LogP contribution in [0.3, 0.4) is 0 Å². The van der Waals surface area contributed by atoms with Gasteiger partial charge in [-0.15, -0.1) is 0 Å². The maximum atomic E-state index is 12.9. The molecule has 7 nitrogen and oxygen atoms in total. The standard InChI is InChI=1S/C17H22N4O3/c1-11-13(16(22)20-12-4-2-3-5-12)14-15(18-10-19-17(14)24-11)21-6-8-23-9-7-21/h10,12H,2-9H2,1H3,(H,20,22). The van der Waals surface area contributed by atoms with Crippen molar-refractivity contribution in [3.05, 3.63) is 17.7 Å². The molecule has 1 N–H and O–H groups in total. The molecule has 0 unspecified atom stereocenters. The van der Waals surface area contributed by atoms with Crippen LogP contribution in [0.4, 0.5) is 5.82 Å². The van der Waals surface area contributed by atoms with Gasteiger partial charge >= 0.3 is 0 Å². The highest BCUT2D eigenvalue weighted by atomic mass is 16.5. The number of nitrogens with one attached hydrogen (secondary N) is 1. The summed E-state index contributed by atoms with van der Waals surface area (Å²) in [7, 11) is 0. The molecule has 128 valence electrons. The van der Waals surface area contributed by atoms with Crippen molar-refractivity contribution < 1.29 is 13.9 Å². The van der Waals surface area contributed by atoms with E-state index in [1.165, 1.54) is 19.2 Å². The van der Waals surface area contributed by atoms with Crippen molar-refractivity contribution in [2.45, 2.75) is 38.6 Å². The maximum Gasteiger partial charge on any atom is 0.255 e. The van der Waals surface area contributed by atoms with Crippen LogP contribution in [0.15, 0.2) is 10.7 Å². The number of nitrogens with zero attached hydrogens (tertiary/aromatic N) is 3. The lowest BCUT2D eigenvalue weighted by Gasteiger charge is -2.28. The number of ether oxygens (including phenoxy) is 1. The number of rotatable bonds is 3. The number of aromatic nitrogens is 2. The van der Waals surface area contributed by atoms with Crippen LogP contribution >= 0.6 is 0 Å². The molecule has 7 heteroatoms. The topological polar surface area (TPSA) is 80.5 Å². The zero-order valence-electron chi connectivity index (χ0n) is 13.9. The molecule has 4 rings (SSSR count). The van der Waals surface area contributed by atoms with Gasteiger partial charge < -0.3 is 19.4 Å². The van der Waals surface area contributed by atoms with E-state index in [0.29, 0.717) is 35.6 Å². The van der Waals surface area contributed by atoms with Crippen molar-refractivity contribution in [1.82, 2.24) is 15.3 Å². The van der Waals surface area contributed by atoms with E-state index in [-0.39, 0.29) is 11.9 Å². The lowest BCUT2D eigenvalue weighted by Crippen LogP contribution is -2.37. The zero-order valence-corrected chi connectivity index (χ0v) is 13.9. The Balaban J connectivity index is 1.73. The van der Waals surface area contributed by atoms with Gasteiger partial charge in [-0.3, -0.25) is 4.79 Å². The van der Waals surface area contributed by atoms with Gasteiger partial charge in [0.2, 0.25) is 5.71 Å². The molecule has 0 spiro atoms. The minimum absolute atomic E-state index is 0.0811. The van der Waals surface area contributed by atoms with Crippen LogP contribution in [0, 0.1) is 6.92 Å². The first-order chi connectivity index (χ1) is 11.7. The molecular formula is C17H22N4O3. The fourth-order valence-electron chi connectivity index (χ4n) is 3.64. The molecule has 0 atom stereocenters. The Morgan fingerprint density at radius 3 is 2.75 bits per heavy atom. The second-order valence-corrected chi connectivity index (χ2v) is 6.46. The number of hydrogen-bond acceptors (Lipinski definition) is 6. The molecule has 3 heterocycles. The van der Waals surface area contributed by atoms with Crippen LogP contribution in [-0.2, 0) is 4.74 Å². The number of carbonyl (C=O) groups excluding carboxylic acids is 1. The lowest BCUT2D eigenvalue weighted by atomic mass is 10.1. The summed E-state index contributed by atoms with van der Waals surface area (Å²) < 4.78 is 11.2. The first-order valence-electron chi connectivity index (χ1n) is 8.61. The van der Waals surface area contributed by atoms with Crippen LogP contribution < -0.4 is 10.2 Å². The van der Waals surface area contributed by atoms with Crippen molar-refractivity contribution in [3.8, 4) is 0 Å². The first kappa shape index (κ1) is 15.4. The summed E-state index contributed by atoms with van der Waals surface area (Å²) in [6.45, 7) is 4.63. The van der Waals surface area contributed by atoms with E-state index in [2.05, 4.69) is 20.2 Å². The lowest BCUT2D eigenvalue weighted by molar-refractivity contribution is 0.0938. The van der Waals surface area contributed by atoms with Gasteiger partial charge in [0.25, 0.3) is 5.91 Å². The third-order valence-corrected chi connectivity index (χ3v) is 4.87. The summed E-state index contributed by atoms with van der Waals surface area (Å²) in [6, 6.07) is 0.262. The molecule has 0 bridgehead atoms. The average Bonchev–Trinajstić information content (AvgIpc) is 3.21. The molecule has 2 fully saturated rings. The Kier molecular flexibility index (Phi) is 4.10.